The highest BCUT2D eigenvalue weighted by Gasteiger charge is 2.31. The fraction of sp³-hybridized carbons (Fsp3) is 0.194. The Morgan fingerprint density at radius 3 is 2.30 bits per heavy atom. The monoisotopic (exact) mass is 622 g/mol. The van der Waals surface area contributed by atoms with Gasteiger partial charge in [-0.2, -0.15) is 4.99 Å². The van der Waals surface area contributed by atoms with E-state index in [2.05, 4.69) is 36.9 Å². The molecular formula is C31H26F4N6O2S. The summed E-state index contributed by atoms with van der Waals surface area (Å²) in [6.45, 7) is 7.96. The Morgan fingerprint density at radius 1 is 1.00 bits per heavy atom. The van der Waals surface area contributed by atoms with E-state index in [1.807, 2.05) is 37.6 Å². The number of ether oxygens (including phenoxy) is 1. The van der Waals surface area contributed by atoms with Gasteiger partial charge in [-0.1, -0.05) is 42.0 Å². The summed E-state index contributed by atoms with van der Waals surface area (Å²) in [5, 5.41) is 6.24. The number of nitrogens with zero attached hydrogens (tertiary/aromatic N) is 6. The molecule has 2 amide bonds. The highest BCUT2D eigenvalue weighted by molar-refractivity contribution is 7.07. The highest BCUT2D eigenvalue weighted by Crippen LogP contribution is 2.25. The summed E-state index contributed by atoms with van der Waals surface area (Å²) in [5.74, 6) is -0.0293. The second-order valence-electron chi connectivity index (χ2n) is 9.99. The summed E-state index contributed by atoms with van der Waals surface area (Å²) in [5.41, 5.74) is 6.40. The fourth-order valence-electron chi connectivity index (χ4n) is 4.73. The third kappa shape index (κ3) is 7.00. The van der Waals surface area contributed by atoms with E-state index in [4.69, 9.17) is 0 Å². The Bertz CT molecular complexity index is 1880. The Kier molecular flexibility index (Phi) is 8.59. The van der Waals surface area contributed by atoms with Gasteiger partial charge in [0.25, 0.3) is 0 Å². The molecule has 0 aliphatic rings. The molecule has 13 heteroatoms. The number of carbonyl (C=O) groups excluding carboxylic acids is 1. The number of carbonyl (C=O) groups is 1. The maximum atomic E-state index is 15.0. The summed E-state index contributed by atoms with van der Waals surface area (Å²) in [4.78, 5) is 25.1. The number of urea groups is 1. The number of aromatic nitrogens is 4. The molecule has 1 atom stereocenters. The van der Waals surface area contributed by atoms with Crippen LogP contribution in [0.3, 0.4) is 0 Å². The number of aliphatic imine (C=N–C) groups is 1. The lowest BCUT2D eigenvalue weighted by atomic mass is 10.0. The van der Waals surface area contributed by atoms with Gasteiger partial charge in [0.05, 0.1) is 11.4 Å². The van der Waals surface area contributed by atoms with Crippen LogP contribution in [0.25, 0.3) is 22.8 Å². The average Bonchev–Trinajstić information content (AvgIpc) is 3.59. The minimum absolute atomic E-state index is 0.262. The van der Waals surface area contributed by atoms with Gasteiger partial charge in [0.1, 0.15) is 12.1 Å². The van der Waals surface area contributed by atoms with E-state index in [0.717, 1.165) is 34.3 Å². The van der Waals surface area contributed by atoms with Gasteiger partial charge in [-0.05, 0) is 68.7 Å². The van der Waals surface area contributed by atoms with Crippen LogP contribution >= 0.6 is 11.3 Å². The standard InChI is InChI=1S/C31H26F4N6O2S/c1-18-13-19(2)27(20(3)14-18)41-21(4)16-44-30(41)38-29(42)36-15-26(32)22-5-7-23(8-6-22)28-37-17-40(39-28)24-9-11-25(12-10-24)43-31(33,34)35/h5-17,26H,1-4H3. The molecule has 0 aliphatic heterocycles. The number of alkyl halides is 4. The summed E-state index contributed by atoms with van der Waals surface area (Å²) >= 11 is 1.30. The van der Waals surface area contributed by atoms with Gasteiger partial charge in [0, 0.05) is 22.9 Å². The molecule has 2 heterocycles. The Morgan fingerprint density at radius 2 is 1.66 bits per heavy atom. The SMILES string of the molecule is Cc1cc(C)c(-n2c(C)csc2=NC(=O)N=CC(F)c2ccc(-c3ncn(-c4ccc(OC(F)(F)F)cc4)n3)cc2)c(C)c1. The van der Waals surface area contributed by atoms with Crippen LogP contribution in [0.1, 0.15) is 34.1 Å². The predicted molar refractivity (Wildman–Crippen MR) is 159 cm³/mol. The normalized spacial score (nSPS) is 13.0. The van der Waals surface area contributed by atoms with Gasteiger partial charge in [-0.15, -0.1) is 29.6 Å². The molecule has 0 aliphatic carbocycles. The van der Waals surface area contributed by atoms with E-state index in [0.29, 0.717) is 21.9 Å². The first-order valence-electron chi connectivity index (χ1n) is 13.3. The average molecular weight is 623 g/mol. The molecule has 0 bridgehead atoms. The molecule has 3 aromatic carbocycles. The quantitative estimate of drug-likeness (QED) is 0.143. The van der Waals surface area contributed by atoms with Crippen molar-refractivity contribution in [2.45, 2.75) is 40.2 Å². The summed E-state index contributed by atoms with van der Waals surface area (Å²) in [6, 6.07) is 14.8. The Balaban J connectivity index is 1.27. The topological polar surface area (TPSA) is 86.7 Å². The number of thiazole rings is 1. The first kappa shape index (κ1) is 30.5. The fourth-order valence-corrected chi connectivity index (χ4v) is 5.58. The largest absolute Gasteiger partial charge is 0.573 e. The van der Waals surface area contributed by atoms with E-state index in [1.54, 1.807) is 12.1 Å². The number of aryl methyl sites for hydroxylation is 4. The Labute approximate surface area is 253 Å². The van der Waals surface area contributed by atoms with Gasteiger partial charge in [-0.3, -0.25) is 4.57 Å². The number of amides is 2. The van der Waals surface area contributed by atoms with E-state index < -0.39 is 18.6 Å². The van der Waals surface area contributed by atoms with Crippen LogP contribution in [0.4, 0.5) is 22.4 Å². The molecule has 1 unspecified atom stereocenters. The second kappa shape index (κ2) is 12.4. The van der Waals surface area contributed by atoms with Crippen LogP contribution in [-0.4, -0.2) is 37.9 Å². The highest BCUT2D eigenvalue weighted by atomic mass is 32.1. The summed E-state index contributed by atoms with van der Waals surface area (Å²) in [6.07, 6.45) is -4.13. The first-order valence-corrected chi connectivity index (χ1v) is 14.2. The molecule has 226 valence electrons. The van der Waals surface area contributed by atoms with E-state index in [9.17, 15) is 22.4 Å². The molecular weight excluding hydrogens is 596 g/mol. The van der Waals surface area contributed by atoms with Gasteiger partial charge in [0.15, 0.2) is 16.8 Å². The molecule has 2 aromatic heterocycles. The molecule has 5 rings (SSSR count). The molecule has 0 radical (unpaired) electrons. The molecule has 8 nitrogen and oxygen atoms in total. The lowest BCUT2D eigenvalue weighted by Gasteiger charge is -2.14. The zero-order valence-corrected chi connectivity index (χ0v) is 24.8. The number of halogens is 4. The van der Waals surface area contributed by atoms with Crippen LogP contribution in [-0.2, 0) is 0 Å². The predicted octanol–water partition coefficient (Wildman–Crippen LogP) is 7.72. The van der Waals surface area contributed by atoms with Crippen LogP contribution < -0.4 is 9.54 Å². The van der Waals surface area contributed by atoms with Gasteiger partial charge in [0.2, 0.25) is 0 Å². The van der Waals surface area contributed by atoms with Crippen molar-refractivity contribution in [1.82, 2.24) is 19.3 Å². The van der Waals surface area contributed by atoms with Crippen LogP contribution in [0.2, 0.25) is 0 Å². The maximum Gasteiger partial charge on any atom is 0.573 e. The molecule has 0 saturated heterocycles. The Hall–Kier alpha value is -4.91. The lowest BCUT2D eigenvalue weighted by molar-refractivity contribution is -0.274. The van der Waals surface area contributed by atoms with E-state index in [-0.39, 0.29) is 11.3 Å². The zero-order valence-electron chi connectivity index (χ0n) is 24.0. The first-order chi connectivity index (χ1) is 20.9. The molecule has 0 saturated carbocycles. The van der Waals surface area contributed by atoms with E-state index >= 15 is 0 Å². The third-order valence-electron chi connectivity index (χ3n) is 6.56. The van der Waals surface area contributed by atoms with Crippen molar-refractivity contribution in [2.75, 3.05) is 0 Å². The molecule has 0 N–H and O–H groups in total. The van der Waals surface area contributed by atoms with Crippen molar-refractivity contribution in [3.8, 4) is 28.5 Å². The summed E-state index contributed by atoms with van der Waals surface area (Å²) in [7, 11) is 0. The van der Waals surface area contributed by atoms with Gasteiger partial charge < -0.3 is 4.74 Å². The van der Waals surface area contributed by atoms with Crippen molar-refractivity contribution in [3.05, 3.63) is 105 Å². The second-order valence-corrected chi connectivity index (χ2v) is 10.8. The van der Waals surface area contributed by atoms with E-state index in [1.165, 1.54) is 58.7 Å². The molecule has 44 heavy (non-hydrogen) atoms. The molecule has 0 fully saturated rings. The lowest BCUT2D eigenvalue weighted by Crippen LogP contribution is -2.18. The van der Waals surface area contributed by atoms with Gasteiger partial charge >= 0.3 is 12.4 Å². The van der Waals surface area contributed by atoms with Crippen molar-refractivity contribution >= 4 is 23.6 Å². The van der Waals surface area contributed by atoms with Crippen molar-refractivity contribution in [2.24, 2.45) is 9.98 Å². The van der Waals surface area contributed by atoms with Crippen LogP contribution in [0, 0.1) is 27.7 Å². The smallest absolute Gasteiger partial charge is 0.406 e. The van der Waals surface area contributed by atoms with Crippen LogP contribution in [0.15, 0.2) is 82.4 Å². The van der Waals surface area contributed by atoms with Gasteiger partial charge in [-0.25, -0.2) is 23.8 Å². The molecule has 5 aromatic rings. The number of hydrogen-bond acceptors (Lipinski definition) is 5. The van der Waals surface area contributed by atoms with Crippen LogP contribution in [0.5, 0.6) is 5.75 Å². The number of rotatable bonds is 6. The zero-order chi connectivity index (χ0) is 31.6. The number of benzene rings is 3. The third-order valence-corrected chi connectivity index (χ3v) is 7.50. The summed E-state index contributed by atoms with van der Waals surface area (Å²) < 4.78 is 59.3. The number of hydrogen-bond donors (Lipinski definition) is 0. The minimum atomic E-state index is -4.78. The van der Waals surface area contributed by atoms with Crippen molar-refractivity contribution in [3.63, 3.8) is 0 Å². The van der Waals surface area contributed by atoms with Crippen molar-refractivity contribution < 1.29 is 27.1 Å². The van der Waals surface area contributed by atoms with Crippen molar-refractivity contribution in [1.29, 1.82) is 0 Å². The maximum absolute atomic E-state index is 15.0. The minimum Gasteiger partial charge on any atom is -0.406 e. The molecule has 0 spiro atoms.